The van der Waals surface area contributed by atoms with Gasteiger partial charge in [-0.2, -0.15) is 0 Å². The molecule has 4 heteroatoms. The highest BCUT2D eigenvalue weighted by Gasteiger charge is 2.44. The predicted molar refractivity (Wildman–Crippen MR) is 110 cm³/mol. The third-order valence-corrected chi connectivity index (χ3v) is 5.96. The van der Waals surface area contributed by atoms with Crippen LogP contribution in [0.25, 0.3) is 0 Å². The molecule has 4 rings (SSSR count). The maximum atomic E-state index is 13.2. The van der Waals surface area contributed by atoms with E-state index in [2.05, 4.69) is 29.8 Å². The molecule has 2 aliphatic rings. The molecule has 0 N–H and O–H groups in total. The Bertz CT molecular complexity index is 929. The van der Waals surface area contributed by atoms with Crippen molar-refractivity contribution in [2.45, 2.75) is 39.0 Å². The van der Waals surface area contributed by atoms with Crippen molar-refractivity contribution in [3.8, 4) is 0 Å². The number of allylic oxidation sites excluding steroid dienone is 2. The lowest BCUT2D eigenvalue weighted by Crippen LogP contribution is -2.43. The molecule has 0 radical (unpaired) electrons. The summed E-state index contributed by atoms with van der Waals surface area (Å²) in [4.78, 5) is 28.1. The van der Waals surface area contributed by atoms with E-state index in [1.165, 1.54) is 0 Å². The van der Waals surface area contributed by atoms with Crippen LogP contribution in [0.15, 0.2) is 70.3 Å². The highest BCUT2D eigenvalue weighted by molar-refractivity contribution is 9.10. The van der Waals surface area contributed by atoms with Crippen molar-refractivity contribution in [3.05, 3.63) is 75.9 Å². The van der Waals surface area contributed by atoms with Crippen LogP contribution in [0.3, 0.4) is 0 Å². The van der Waals surface area contributed by atoms with Crippen molar-refractivity contribution in [1.82, 2.24) is 0 Å². The summed E-state index contributed by atoms with van der Waals surface area (Å²) in [5, 5.41) is 0. The molecule has 0 bridgehead atoms. The van der Waals surface area contributed by atoms with Crippen molar-refractivity contribution >= 4 is 33.3 Å². The van der Waals surface area contributed by atoms with Crippen molar-refractivity contribution in [1.29, 1.82) is 0 Å². The fourth-order valence-corrected chi connectivity index (χ4v) is 4.54. The average molecular weight is 424 g/mol. The highest BCUT2D eigenvalue weighted by Crippen LogP contribution is 2.48. The highest BCUT2D eigenvalue weighted by atomic mass is 79.9. The topological polar surface area (TPSA) is 37.4 Å². The molecule has 1 aliphatic carbocycles. The van der Waals surface area contributed by atoms with E-state index in [9.17, 15) is 9.59 Å². The summed E-state index contributed by atoms with van der Waals surface area (Å²) < 4.78 is 0.965. The lowest BCUT2D eigenvalue weighted by atomic mass is 9.69. The number of hydrogen-bond acceptors (Lipinski definition) is 2. The number of carbonyl (C=O) groups excluding carboxylic acids is 2. The SMILES string of the molecule is CC1(C)CC(=O)C2=C(C1)N(c1ccc(Br)cc1)C(=O)CC2c1ccccc1. The molecule has 0 saturated carbocycles. The quantitative estimate of drug-likeness (QED) is 0.628. The number of hydrogen-bond donors (Lipinski definition) is 0. The van der Waals surface area contributed by atoms with E-state index in [-0.39, 0.29) is 23.0 Å². The summed E-state index contributed by atoms with van der Waals surface area (Å²) in [6, 6.07) is 17.7. The zero-order chi connectivity index (χ0) is 19.2. The van der Waals surface area contributed by atoms with E-state index in [0.717, 1.165) is 33.4 Å². The Kier molecular flexibility index (Phi) is 4.55. The Morgan fingerprint density at radius 3 is 2.30 bits per heavy atom. The van der Waals surface area contributed by atoms with Gasteiger partial charge in [-0.25, -0.2) is 0 Å². The first-order valence-electron chi connectivity index (χ1n) is 9.25. The number of amides is 1. The van der Waals surface area contributed by atoms with Gasteiger partial charge < -0.3 is 0 Å². The van der Waals surface area contributed by atoms with E-state index >= 15 is 0 Å². The second-order valence-corrected chi connectivity index (χ2v) is 9.09. The summed E-state index contributed by atoms with van der Waals surface area (Å²) in [7, 11) is 0. The van der Waals surface area contributed by atoms with E-state index in [4.69, 9.17) is 0 Å². The van der Waals surface area contributed by atoms with Crippen LogP contribution in [-0.2, 0) is 9.59 Å². The lowest BCUT2D eigenvalue weighted by Gasteiger charge is -2.43. The molecule has 138 valence electrons. The van der Waals surface area contributed by atoms with Gasteiger partial charge in [0.25, 0.3) is 0 Å². The van der Waals surface area contributed by atoms with Gasteiger partial charge in [-0.05, 0) is 41.7 Å². The van der Waals surface area contributed by atoms with Crippen LogP contribution in [0.5, 0.6) is 0 Å². The zero-order valence-corrected chi connectivity index (χ0v) is 17.1. The second-order valence-electron chi connectivity index (χ2n) is 8.17. The molecular weight excluding hydrogens is 402 g/mol. The summed E-state index contributed by atoms with van der Waals surface area (Å²) in [6.45, 7) is 4.20. The number of carbonyl (C=O) groups is 2. The number of ketones is 1. The monoisotopic (exact) mass is 423 g/mol. The van der Waals surface area contributed by atoms with Crippen LogP contribution in [0.1, 0.15) is 44.6 Å². The molecule has 27 heavy (non-hydrogen) atoms. The molecule has 1 unspecified atom stereocenters. The van der Waals surface area contributed by atoms with E-state index in [1.54, 1.807) is 4.90 Å². The molecule has 1 amide bonds. The van der Waals surface area contributed by atoms with Crippen LogP contribution < -0.4 is 4.90 Å². The average Bonchev–Trinajstić information content (AvgIpc) is 2.62. The predicted octanol–water partition coefficient (Wildman–Crippen LogP) is 5.61. The summed E-state index contributed by atoms with van der Waals surface area (Å²) in [5.41, 5.74) is 3.42. The Balaban J connectivity index is 1.89. The van der Waals surface area contributed by atoms with E-state index in [1.807, 2.05) is 54.6 Å². The molecule has 0 fully saturated rings. The Morgan fingerprint density at radius 1 is 0.963 bits per heavy atom. The second kappa shape index (κ2) is 6.75. The Hall–Kier alpha value is -2.20. The minimum Gasteiger partial charge on any atom is -0.294 e. The van der Waals surface area contributed by atoms with Gasteiger partial charge in [0.1, 0.15) is 0 Å². The van der Waals surface area contributed by atoms with Gasteiger partial charge in [0, 0.05) is 40.2 Å². The summed E-state index contributed by atoms with van der Waals surface area (Å²) in [6.07, 6.45) is 1.57. The van der Waals surface area contributed by atoms with Gasteiger partial charge >= 0.3 is 0 Å². The first-order chi connectivity index (χ1) is 12.9. The fraction of sp³-hybridized carbons (Fsp3) is 0.304. The Morgan fingerprint density at radius 2 is 1.63 bits per heavy atom. The first kappa shape index (κ1) is 18.2. The van der Waals surface area contributed by atoms with Crippen LogP contribution >= 0.6 is 15.9 Å². The Labute approximate surface area is 168 Å². The minimum absolute atomic E-state index is 0.0513. The van der Waals surface area contributed by atoms with Gasteiger partial charge in [-0.1, -0.05) is 60.1 Å². The van der Waals surface area contributed by atoms with Gasteiger partial charge in [-0.15, -0.1) is 0 Å². The third kappa shape index (κ3) is 3.39. The maximum absolute atomic E-state index is 13.2. The number of benzene rings is 2. The van der Waals surface area contributed by atoms with Gasteiger partial charge in [0.15, 0.2) is 5.78 Å². The summed E-state index contributed by atoms with van der Waals surface area (Å²) >= 11 is 3.45. The molecule has 2 aromatic carbocycles. The van der Waals surface area contributed by atoms with Crippen LogP contribution in [0, 0.1) is 5.41 Å². The molecular formula is C23H22BrNO2. The fourth-order valence-electron chi connectivity index (χ4n) is 4.28. The van der Waals surface area contributed by atoms with Crippen molar-refractivity contribution < 1.29 is 9.59 Å². The van der Waals surface area contributed by atoms with Gasteiger partial charge in [0.05, 0.1) is 0 Å². The van der Waals surface area contributed by atoms with Crippen molar-refractivity contribution in [2.24, 2.45) is 5.41 Å². The van der Waals surface area contributed by atoms with Gasteiger partial charge in [-0.3, -0.25) is 14.5 Å². The normalized spacial score (nSPS) is 22.0. The molecule has 0 aromatic heterocycles. The van der Waals surface area contributed by atoms with Crippen LogP contribution in [-0.4, -0.2) is 11.7 Å². The molecule has 1 heterocycles. The lowest BCUT2D eigenvalue weighted by molar-refractivity contribution is -0.121. The third-order valence-electron chi connectivity index (χ3n) is 5.43. The molecule has 0 spiro atoms. The molecule has 1 aliphatic heterocycles. The first-order valence-corrected chi connectivity index (χ1v) is 10.0. The molecule has 1 atom stereocenters. The van der Waals surface area contributed by atoms with E-state index < -0.39 is 0 Å². The maximum Gasteiger partial charge on any atom is 0.232 e. The smallest absolute Gasteiger partial charge is 0.232 e. The number of halogens is 1. The molecule has 3 nitrogen and oxygen atoms in total. The van der Waals surface area contributed by atoms with Crippen LogP contribution in [0.4, 0.5) is 5.69 Å². The van der Waals surface area contributed by atoms with E-state index in [0.29, 0.717) is 12.8 Å². The van der Waals surface area contributed by atoms with Gasteiger partial charge in [0.2, 0.25) is 5.91 Å². The largest absolute Gasteiger partial charge is 0.294 e. The molecule has 0 saturated heterocycles. The standard InChI is InChI=1S/C23H22BrNO2/c1-23(2)13-19-22(20(26)14-23)18(15-6-4-3-5-7-15)12-21(27)25(19)17-10-8-16(24)9-11-17/h3-11,18H,12-14H2,1-2H3. The van der Waals surface area contributed by atoms with Crippen molar-refractivity contribution in [3.63, 3.8) is 0 Å². The summed E-state index contributed by atoms with van der Waals surface area (Å²) in [5.74, 6) is 0.0733. The zero-order valence-electron chi connectivity index (χ0n) is 15.5. The van der Waals surface area contributed by atoms with Crippen molar-refractivity contribution in [2.75, 3.05) is 4.90 Å². The number of nitrogens with zero attached hydrogens (tertiary/aromatic N) is 1. The molecule has 2 aromatic rings. The number of Topliss-reactive ketones (excluding diaryl/α,β-unsaturated/α-hetero) is 1. The van der Waals surface area contributed by atoms with Crippen LogP contribution in [0.2, 0.25) is 0 Å². The number of anilines is 1. The minimum atomic E-state index is -0.150. The number of rotatable bonds is 2.